The molecule has 0 aliphatic carbocycles. The lowest BCUT2D eigenvalue weighted by Gasteiger charge is -2.18. The lowest BCUT2D eigenvalue weighted by Crippen LogP contribution is -2.30. The molecule has 2 aromatic carbocycles. The van der Waals surface area contributed by atoms with Gasteiger partial charge in [0.2, 0.25) is 15.9 Å². The second-order valence-corrected chi connectivity index (χ2v) is 8.67. The molecule has 0 radical (unpaired) electrons. The van der Waals surface area contributed by atoms with E-state index >= 15 is 0 Å². The number of hydrogen-bond acceptors (Lipinski definition) is 3. The van der Waals surface area contributed by atoms with E-state index in [-0.39, 0.29) is 23.3 Å². The van der Waals surface area contributed by atoms with Crippen LogP contribution in [0, 0.1) is 0 Å². The number of carbonyl (C=O) groups is 1. The number of rotatable bonds is 9. The van der Waals surface area contributed by atoms with E-state index in [9.17, 15) is 13.2 Å². The number of aryl methyl sites for hydroxylation is 1. The van der Waals surface area contributed by atoms with E-state index in [4.69, 9.17) is 0 Å². The molecular formula is C21H28N2O3S. The third kappa shape index (κ3) is 5.91. The third-order valence-corrected chi connectivity index (χ3v) is 6.46. The molecule has 6 heteroatoms. The van der Waals surface area contributed by atoms with Crippen LogP contribution in [0.3, 0.4) is 0 Å². The van der Waals surface area contributed by atoms with Gasteiger partial charge in [-0.15, -0.1) is 0 Å². The summed E-state index contributed by atoms with van der Waals surface area (Å²) in [6.45, 7) is 4.35. The van der Waals surface area contributed by atoms with Crippen LogP contribution in [0.2, 0.25) is 0 Å². The van der Waals surface area contributed by atoms with Crippen molar-refractivity contribution in [3.05, 3.63) is 65.7 Å². The van der Waals surface area contributed by atoms with Crippen LogP contribution >= 0.6 is 0 Å². The predicted octanol–water partition coefficient (Wildman–Crippen LogP) is 3.53. The van der Waals surface area contributed by atoms with Gasteiger partial charge < -0.3 is 5.32 Å². The zero-order chi connectivity index (χ0) is 19.9. The van der Waals surface area contributed by atoms with Crippen molar-refractivity contribution in [2.75, 3.05) is 13.6 Å². The molecule has 0 unspecified atom stereocenters. The Labute approximate surface area is 162 Å². The fourth-order valence-electron chi connectivity index (χ4n) is 2.79. The smallest absolute Gasteiger partial charge is 0.242 e. The maximum Gasteiger partial charge on any atom is 0.242 e. The Kier molecular flexibility index (Phi) is 7.56. The quantitative estimate of drug-likeness (QED) is 0.715. The van der Waals surface area contributed by atoms with Crippen molar-refractivity contribution in [2.45, 2.75) is 44.0 Å². The minimum absolute atomic E-state index is 0.0748. The molecule has 0 saturated heterocycles. The number of benzene rings is 2. The number of amides is 1. The molecule has 0 bridgehead atoms. The molecule has 2 rings (SSSR count). The zero-order valence-corrected chi connectivity index (χ0v) is 17.0. The van der Waals surface area contributed by atoms with Gasteiger partial charge in [-0.1, -0.05) is 49.4 Å². The zero-order valence-electron chi connectivity index (χ0n) is 16.2. The van der Waals surface area contributed by atoms with Gasteiger partial charge in [0.05, 0.1) is 10.9 Å². The lowest BCUT2D eigenvalue weighted by atomic mass is 10.0. The Morgan fingerprint density at radius 3 is 2.30 bits per heavy atom. The fourth-order valence-corrected chi connectivity index (χ4v) is 4.02. The van der Waals surface area contributed by atoms with Crippen molar-refractivity contribution in [3.8, 4) is 0 Å². The van der Waals surface area contributed by atoms with Crippen LogP contribution in [0.1, 0.15) is 43.9 Å². The first-order valence-corrected chi connectivity index (χ1v) is 10.7. The summed E-state index contributed by atoms with van der Waals surface area (Å²) in [5, 5.41) is 2.97. The largest absolute Gasteiger partial charge is 0.350 e. The summed E-state index contributed by atoms with van der Waals surface area (Å²) in [6, 6.07) is 16.4. The minimum Gasteiger partial charge on any atom is -0.350 e. The molecule has 0 saturated carbocycles. The average Bonchev–Trinajstić information content (AvgIpc) is 2.68. The first-order chi connectivity index (χ1) is 12.8. The maximum atomic E-state index is 12.4. The fraction of sp³-hybridized carbons (Fsp3) is 0.381. The number of sulfonamides is 1. The van der Waals surface area contributed by atoms with Gasteiger partial charge in [-0.05, 0) is 43.0 Å². The summed E-state index contributed by atoms with van der Waals surface area (Å²) < 4.78 is 26.2. The summed E-state index contributed by atoms with van der Waals surface area (Å²) in [4.78, 5) is 12.4. The summed E-state index contributed by atoms with van der Waals surface area (Å²) in [5.41, 5.74) is 2.32. The summed E-state index contributed by atoms with van der Waals surface area (Å²) in [6.07, 6.45) is 1.74. The van der Waals surface area contributed by atoms with Crippen LogP contribution in [-0.2, 0) is 21.2 Å². The van der Waals surface area contributed by atoms with Crippen LogP contribution < -0.4 is 5.32 Å². The molecule has 0 spiro atoms. The Hall–Kier alpha value is -2.18. The molecule has 5 nitrogen and oxygen atoms in total. The highest BCUT2D eigenvalue weighted by Gasteiger charge is 2.20. The van der Waals surface area contributed by atoms with Crippen molar-refractivity contribution >= 4 is 15.9 Å². The van der Waals surface area contributed by atoms with Crippen LogP contribution in [0.5, 0.6) is 0 Å². The van der Waals surface area contributed by atoms with E-state index in [0.29, 0.717) is 13.0 Å². The Morgan fingerprint density at radius 2 is 1.70 bits per heavy atom. The van der Waals surface area contributed by atoms with Crippen LogP contribution in [0.4, 0.5) is 0 Å². The molecule has 0 fully saturated rings. The van der Waals surface area contributed by atoms with Crippen molar-refractivity contribution in [3.63, 3.8) is 0 Å². The van der Waals surface area contributed by atoms with E-state index in [1.54, 1.807) is 30.3 Å². The number of hydrogen-bond donors (Lipinski definition) is 1. The third-order valence-electron chi connectivity index (χ3n) is 4.59. The van der Waals surface area contributed by atoms with Gasteiger partial charge in [0.15, 0.2) is 0 Å². The molecule has 1 amide bonds. The van der Waals surface area contributed by atoms with E-state index < -0.39 is 10.0 Å². The molecule has 0 heterocycles. The SMILES string of the molecule is CCc1ccc([C@H](C)NC(=O)CCCN(C)S(=O)(=O)c2ccccc2)cc1. The highest BCUT2D eigenvalue weighted by molar-refractivity contribution is 7.89. The first kappa shape index (κ1) is 21.1. The summed E-state index contributed by atoms with van der Waals surface area (Å²) in [7, 11) is -1.97. The topological polar surface area (TPSA) is 66.5 Å². The van der Waals surface area contributed by atoms with Gasteiger partial charge in [-0.25, -0.2) is 12.7 Å². The van der Waals surface area contributed by atoms with Crippen molar-refractivity contribution in [2.24, 2.45) is 0 Å². The molecule has 27 heavy (non-hydrogen) atoms. The number of nitrogens with one attached hydrogen (secondary N) is 1. The highest BCUT2D eigenvalue weighted by atomic mass is 32.2. The Balaban J connectivity index is 1.81. The van der Waals surface area contributed by atoms with Gasteiger partial charge in [-0.3, -0.25) is 4.79 Å². The Morgan fingerprint density at radius 1 is 1.07 bits per heavy atom. The number of carbonyl (C=O) groups excluding carboxylic acids is 1. The van der Waals surface area contributed by atoms with Gasteiger partial charge in [0.25, 0.3) is 0 Å². The van der Waals surface area contributed by atoms with E-state index in [1.165, 1.54) is 16.9 Å². The number of nitrogens with zero attached hydrogens (tertiary/aromatic N) is 1. The van der Waals surface area contributed by atoms with Crippen molar-refractivity contribution in [1.82, 2.24) is 9.62 Å². The summed E-state index contributed by atoms with van der Waals surface area (Å²) in [5.74, 6) is -0.0763. The van der Waals surface area contributed by atoms with E-state index in [0.717, 1.165) is 12.0 Å². The van der Waals surface area contributed by atoms with Crippen LogP contribution in [0.25, 0.3) is 0 Å². The normalized spacial score (nSPS) is 12.7. The second-order valence-electron chi connectivity index (χ2n) is 6.63. The van der Waals surface area contributed by atoms with Gasteiger partial charge in [-0.2, -0.15) is 0 Å². The second kappa shape index (κ2) is 9.67. The van der Waals surface area contributed by atoms with E-state index in [1.807, 2.05) is 19.1 Å². The van der Waals surface area contributed by atoms with Gasteiger partial charge in [0, 0.05) is 20.0 Å². The molecular weight excluding hydrogens is 360 g/mol. The summed E-state index contributed by atoms with van der Waals surface area (Å²) >= 11 is 0. The molecule has 146 valence electrons. The van der Waals surface area contributed by atoms with Gasteiger partial charge in [0.1, 0.15) is 0 Å². The molecule has 2 aromatic rings. The van der Waals surface area contributed by atoms with Gasteiger partial charge >= 0.3 is 0 Å². The standard InChI is InChI=1S/C21H28N2O3S/c1-4-18-12-14-19(15-13-18)17(2)22-21(24)11-8-16-23(3)27(25,26)20-9-6-5-7-10-20/h5-7,9-10,12-15,17H,4,8,11,16H2,1-3H3,(H,22,24)/t17-/m0/s1. The molecule has 0 aliphatic rings. The average molecular weight is 389 g/mol. The van der Waals surface area contributed by atoms with Crippen LogP contribution in [-0.4, -0.2) is 32.2 Å². The predicted molar refractivity (Wildman–Crippen MR) is 108 cm³/mol. The lowest BCUT2D eigenvalue weighted by molar-refractivity contribution is -0.121. The molecule has 1 N–H and O–H groups in total. The van der Waals surface area contributed by atoms with Crippen molar-refractivity contribution in [1.29, 1.82) is 0 Å². The Bertz CT molecular complexity index is 833. The van der Waals surface area contributed by atoms with E-state index in [2.05, 4.69) is 24.4 Å². The monoisotopic (exact) mass is 388 g/mol. The minimum atomic E-state index is -3.51. The molecule has 0 aliphatic heterocycles. The maximum absolute atomic E-state index is 12.4. The molecule has 1 atom stereocenters. The molecule has 0 aromatic heterocycles. The van der Waals surface area contributed by atoms with Crippen molar-refractivity contribution < 1.29 is 13.2 Å². The highest BCUT2D eigenvalue weighted by Crippen LogP contribution is 2.15. The first-order valence-electron chi connectivity index (χ1n) is 9.24. The van der Waals surface area contributed by atoms with Crippen LogP contribution in [0.15, 0.2) is 59.5 Å².